The highest BCUT2D eigenvalue weighted by atomic mass is 35.5. The predicted molar refractivity (Wildman–Crippen MR) is 88.5 cm³/mol. The van der Waals surface area contributed by atoms with Crippen LogP contribution < -0.4 is 10.6 Å². The van der Waals surface area contributed by atoms with Crippen LogP contribution in [0, 0.1) is 0 Å². The van der Waals surface area contributed by atoms with Crippen LogP contribution in [0.15, 0.2) is 18.2 Å². The second-order valence-corrected chi connectivity index (χ2v) is 5.78. The standard InChI is InChI=1S/C16H20ClN3O3/c1-2-18-16(23)12-7-6-11(9-13(12)17)19-14(21)10-20-8-4-3-5-15(20)22/h6-7,9H,2-5,8,10H2,1H3,(H,18,23)(H,19,21). The molecule has 1 aliphatic rings. The number of nitrogens with zero attached hydrogens (tertiary/aromatic N) is 1. The molecule has 0 spiro atoms. The van der Waals surface area contributed by atoms with Gasteiger partial charge in [-0.2, -0.15) is 0 Å². The number of rotatable bonds is 5. The lowest BCUT2D eigenvalue weighted by atomic mass is 10.1. The number of piperidine rings is 1. The molecule has 0 unspecified atom stereocenters. The molecule has 1 aromatic rings. The molecule has 1 fully saturated rings. The number of carbonyl (C=O) groups excluding carboxylic acids is 3. The molecule has 6 nitrogen and oxygen atoms in total. The molecule has 0 aromatic heterocycles. The molecule has 7 heteroatoms. The van der Waals surface area contributed by atoms with Crippen LogP contribution in [0.5, 0.6) is 0 Å². The minimum absolute atomic E-state index is 0.0102. The van der Waals surface area contributed by atoms with Crippen LogP contribution in [0.4, 0.5) is 5.69 Å². The zero-order valence-electron chi connectivity index (χ0n) is 13.0. The summed E-state index contributed by atoms with van der Waals surface area (Å²) < 4.78 is 0. The van der Waals surface area contributed by atoms with Crippen molar-refractivity contribution in [1.82, 2.24) is 10.2 Å². The molecule has 3 amide bonds. The van der Waals surface area contributed by atoms with E-state index in [9.17, 15) is 14.4 Å². The van der Waals surface area contributed by atoms with Crippen LogP contribution in [-0.4, -0.2) is 42.3 Å². The molecule has 0 atom stereocenters. The van der Waals surface area contributed by atoms with Gasteiger partial charge in [-0.25, -0.2) is 0 Å². The van der Waals surface area contributed by atoms with Gasteiger partial charge in [0.05, 0.1) is 17.1 Å². The van der Waals surface area contributed by atoms with E-state index in [4.69, 9.17) is 11.6 Å². The first-order valence-corrected chi connectivity index (χ1v) is 8.04. The predicted octanol–water partition coefficient (Wildman–Crippen LogP) is 2.04. The van der Waals surface area contributed by atoms with Crippen molar-refractivity contribution in [3.63, 3.8) is 0 Å². The number of benzene rings is 1. The Bertz CT molecular complexity index is 619. The summed E-state index contributed by atoms with van der Waals surface area (Å²) in [5, 5.41) is 5.63. The summed E-state index contributed by atoms with van der Waals surface area (Å²) in [6, 6.07) is 4.71. The van der Waals surface area contributed by atoms with E-state index in [1.165, 1.54) is 6.07 Å². The molecular formula is C16H20ClN3O3. The Balaban J connectivity index is 1.97. The molecule has 1 aromatic carbocycles. The minimum Gasteiger partial charge on any atom is -0.352 e. The van der Waals surface area contributed by atoms with E-state index in [-0.39, 0.29) is 29.3 Å². The van der Waals surface area contributed by atoms with Crippen molar-refractivity contribution in [2.24, 2.45) is 0 Å². The van der Waals surface area contributed by atoms with Crippen molar-refractivity contribution in [2.75, 3.05) is 25.0 Å². The maximum atomic E-state index is 12.0. The van der Waals surface area contributed by atoms with Crippen LogP contribution >= 0.6 is 11.6 Å². The van der Waals surface area contributed by atoms with Crippen molar-refractivity contribution in [1.29, 1.82) is 0 Å². The first-order chi connectivity index (χ1) is 11.0. The SMILES string of the molecule is CCNC(=O)c1ccc(NC(=O)CN2CCCCC2=O)cc1Cl. The van der Waals surface area contributed by atoms with E-state index in [1.54, 1.807) is 17.0 Å². The Morgan fingerprint density at radius 2 is 2.09 bits per heavy atom. The van der Waals surface area contributed by atoms with Gasteiger partial charge in [0.2, 0.25) is 11.8 Å². The number of hydrogen-bond donors (Lipinski definition) is 2. The van der Waals surface area contributed by atoms with Crippen molar-refractivity contribution in [3.8, 4) is 0 Å². The molecule has 0 aliphatic carbocycles. The van der Waals surface area contributed by atoms with Gasteiger partial charge in [0.25, 0.3) is 5.91 Å². The Morgan fingerprint density at radius 3 is 2.74 bits per heavy atom. The number of likely N-dealkylation sites (tertiary alicyclic amines) is 1. The number of amides is 3. The highest BCUT2D eigenvalue weighted by Crippen LogP contribution is 2.21. The molecule has 1 saturated heterocycles. The second-order valence-electron chi connectivity index (χ2n) is 5.37. The van der Waals surface area contributed by atoms with Crippen molar-refractivity contribution in [2.45, 2.75) is 26.2 Å². The lowest BCUT2D eigenvalue weighted by molar-refractivity contribution is -0.136. The fourth-order valence-corrected chi connectivity index (χ4v) is 2.70. The highest BCUT2D eigenvalue weighted by Gasteiger charge is 2.20. The first-order valence-electron chi connectivity index (χ1n) is 7.66. The lowest BCUT2D eigenvalue weighted by Crippen LogP contribution is -2.40. The molecule has 2 rings (SSSR count). The van der Waals surface area contributed by atoms with E-state index in [0.717, 1.165) is 12.8 Å². The summed E-state index contributed by atoms with van der Waals surface area (Å²) in [4.78, 5) is 37.1. The third-order valence-corrected chi connectivity index (χ3v) is 3.90. The third-order valence-electron chi connectivity index (χ3n) is 3.59. The third kappa shape index (κ3) is 4.69. The van der Waals surface area contributed by atoms with Gasteiger partial charge in [-0.15, -0.1) is 0 Å². The van der Waals surface area contributed by atoms with Crippen LogP contribution in [0.25, 0.3) is 0 Å². The summed E-state index contributed by atoms with van der Waals surface area (Å²) in [6.07, 6.45) is 2.31. The van der Waals surface area contributed by atoms with Gasteiger partial charge in [0.1, 0.15) is 0 Å². The topological polar surface area (TPSA) is 78.5 Å². The van der Waals surface area contributed by atoms with Gasteiger partial charge in [0, 0.05) is 25.2 Å². The molecule has 124 valence electrons. The molecule has 0 bridgehead atoms. The fraction of sp³-hybridized carbons (Fsp3) is 0.438. The Morgan fingerprint density at radius 1 is 1.30 bits per heavy atom. The van der Waals surface area contributed by atoms with E-state index < -0.39 is 0 Å². The van der Waals surface area contributed by atoms with Gasteiger partial charge in [-0.1, -0.05) is 11.6 Å². The Labute approximate surface area is 140 Å². The Kier molecular flexibility index (Phi) is 5.98. The maximum absolute atomic E-state index is 12.0. The van der Waals surface area contributed by atoms with Gasteiger partial charge >= 0.3 is 0 Å². The van der Waals surface area contributed by atoms with Crippen molar-refractivity contribution in [3.05, 3.63) is 28.8 Å². The van der Waals surface area contributed by atoms with Crippen molar-refractivity contribution >= 4 is 35.0 Å². The number of anilines is 1. The highest BCUT2D eigenvalue weighted by molar-refractivity contribution is 6.34. The second kappa shape index (κ2) is 7.97. The van der Waals surface area contributed by atoms with E-state index in [0.29, 0.717) is 30.8 Å². The van der Waals surface area contributed by atoms with Crippen LogP contribution in [0.3, 0.4) is 0 Å². The molecule has 1 aliphatic heterocycles. The fourth-order valence-electron chi connectivity index (χ4n) is 2.44. The molecule has 2 N–H and O–H groups in total. The molecule has 0 saturated carbocycles. The summed E-state index contributed by atoms with van der Waals surface area (Å²) in [5.41, 5.74) is 0.857. The average molecular weight is 338 g/mol. The number of halogens is 1. The van der Waals surface area contributed by atoms with Gasteiger partial charge < -0.3 is 15.5 Å². The normalized spacial score (nSPS) is 14.5. The summed E-state index contributed by atoms with van der Waals surface area (Å²) in [5.74, 6) is -0.521. The smallest absolute Gasteiger partial charge is 0.252 e. The van der Waals surface area contributed by atoms with Crippen LogP contribution in [0.2, 0.25) is 5.02 Å². The average Bonchev–Trinajstić information content (AvgIpc) is 2.50. The molecule has 1 heterocycles. The molecule has 23 heavy (non-hydrogen) atoms. The number of nitrogens with one attached hydrogen (secondary N) is 2. The number of hydrogen-bond acceptors (Lipinski definition) is 3. The van der Waals surface area contributed by atoms with E-state index in [1.807, 2.05) is 6.92 Å². The number of carbonyl (C=O) groups is 3. The molecular weight excluding hydrogens is 318 g/mol. The van der Waals surface area contributed by atoms with Crippen LogP contribution in [0.1, 0.15) is 36.5 Å². The van der Waals surface area contributed by atoms with E-state index in [2.05, 4.69) is 10.6 Å². The largest absolute Gasteiger partial charge is 0.352 e. The summed E-state index contributed by atoms with van der Waals surface area (Å²) >= 11 is 6.08. The monoisotopic (exact) mass is 337 g/mol. The van der Waals surface area contributed by atoms with Crippen molar-refractivity contribution < 1.29 is 14.4 Å². The van der Waals surface area contributed by atoms with Gasteiger partial charge in [0.15, 0.2) is 0 Å². The molecule has 0 radical (unpaired) electrons. The maximum Gasteiger partial charge on any atom is 0.252 e. The zero-order chi connectivity index (χ0) is 16.8. The first kappa shape index (κ1) is 17.3. The quantitative estimate of drug-likeness (QED) is 0.863. The van der Waals surface area contributed by atoms with Gasteiger partial charge in [-0.05, 0) is 38.0 Å². The Hall–Kier alpha value is -2.08. The lowest BCUT2D eigenvalue weighted by Gasteiger charge is -2.26. The summed E-state index contributed by atoms with van der Waals surface area (Å²) in [7, 11) is 0. The van der Waals surface area contributed by atoms with E-state index >= 15 is 0 Å². The van der Waals surface area contributed by atoms with Gasteiger partial charge in [-0.3, -0.25) is 14.4 Å². The minimum atomic E-state index is -0.276. The van der Waals surface area contributed by atoms with Crippen LogP contribution in [-0.2, 0) is 9.59 Å². The zero-order valence-corrected chi connectivity index (χ0v) is 13.8. The summed E-state index contributed by atoms with van der Waals surface area (Å²) in [6.45, 7) is 2.98.